The first-order chi connectivity index (χ1) is 15.0. The molecule has 4 rings (SSSR count). The van der Waals surface area contributed by atoms with Crippen molar-refractivity contribution in [3.8, 4) is 0 Å². The Labute approximate surface area is 208 Å². The van der Waals surface area contributed by atoms with Crippen molar-refractivity contribution in [3.05, 3.63) is 53.9 Å². The van der Waals surface area contributed by atoms with E-state index in [0.29, 0.717) is 6.04 Å². The van der Waals surface area contributed by atoms with Gasteiger partial charge in [-0.2, -0.15) is 5.10 Å². The number of likely N-dealkylation sites (tertiary alicyclic amines) is 1. The zero-order chi connectivity index (χ0) is 21.8. The lowest BCUT2D eigenvalue weighted by atomic mass is 10.1. The van der Waals surface area contributed by atoms with Crippen LogP contribution in [-0.2, 0) is 18.3 Å². The van der Waals surface area contributed by atoms with E-state index < -0.39 is 0 Å². The number of halogens is 1. The molecule has 0 amide bonds. The summed E-state index contributed by atoms with van der Waals surface area (Å²) in [5.41, 5.74) is 2.55. The third-order valence-corrected chi connectivity index (χ3v) is 6.34. The molecule has 3 unspecified atom stereocenters. The number of hydrogen-bond donors (Lipinski definition) is 1. The fourth-order valence-corrected chi connectivity index (χ4v) is 4.68. The summed E-state index contributed by atoms with van der Waals surface area (Å²) in [7, 11) is 8.01. The van der Waals surface area contributed by atoms with Crippen LogP contribution in [0.5, 0.6) is 0 Å². The quantitative estimate of drug-likeness (QED) is 0.335. The van der Waals surface area contributed by atoms with Gasteiger partial charge in [-0.25, -0.2) is 0 Å². The van der Waals surface area contributed by atoms with Gasteiger partial charge in [0.15, 0.2) is 5.96 Å². The molecule has 2 saturated heterocycles. The first-order valence-electron chi connectivity index (χ1n) is 11.1. The first kappa shape index (κ1) is 24.9. The van der Waals surface area contributed by atoms with E-state index in [-0.39, 0.29) is 36.1 Å². The van der Waals surface area contributed by atoms with Crippen molar-refractivity contribution < 1.29 is 4.74 Å². The van der Waals surface area contributed by atoms with Crippen LogP contribution in [-0.4, -0.2) is 96.5 Å². The molecule has 1 aromatic heterocycles. The highest BCUT2D eigenvalue weighted by molar-refractivity contribution is 14.0. The molecule has 2 fully saturated rings. The summed E-state index contributed by atoms with van der Waals surface area (Å²) in [6.07, 6.45) is 4.24. The molecular weight excluding hydrogens is 517 g/mol. The summed E-state index contributed by atoms with van der Waals surface area (Å²) in [6.45, 7) is 5.30. The van der Waals surface area contributed by atoms with Gasteiger partial charge in [-0.05, 0) is 19.7 Å². The molecule has 0 bridgehead atoms. The zero-order valence-electron chi connectivity index (χ0n) is 19.5. The highest BCUT2D eigenvalue weighted by atomic mass is 127. The Morgan fingerprint density at radius 2 is 2.06 bits per heavy atom. The zero-order valence-corrected chi connectivity index (χ0v) is 21.8. The minimum Gasteiger partial charge on any atom is -0.373 e. The van der Waals surface area contributed by atoms with Gasteiger partial charge in [0.1, 0.15) is 0 Å². The second kappa shape index (κ2) is 11.4. The fourth-order valence-electron chi connectivity index (χ4n) is 4.68. The van der Waals surface area contributed by atoms with Crippen molar-refractivity contribution in [3.63, 3.8) is 0 Å². The summed E-state index contributed by atoms with van der Waals surface area (Å²) < 4.78 is 8.00. The Morgan fingerprint density at radius 1 is 1.28 bits per heavy atom. The van der Waals surface area contributed by atoms with E-state index in [1.165, 1.54) is 11.1 Å². The number of ether oxygens (including phenoxy) is 1. The number of rotatable bonds is 6. The third-order valence-electron chi connectivity index (χ3n) is 6.34. The SMILES string of the molecule is CN=C(NCC(c1cnn(C)c1)N(C)C)N1CC2OCCN(Cc3ccccc3)C2C1.I. The molecule has 3 heterocycles. The van der Waals surface area contributed by atoms with Gasteiger partial charge < -0.3 is 19.9 Å². The third kappa shape index (κ3) is 5.81. The topological polar surface area (TPSA) is 61.2 Å². The monoisotopic (exact) mass is 553 g/mol. The van der Waals surface area contributed by atoms with E-state index in [9.17, 15) is 0 Å². The number of nitrogens with zero attached hydrogens (tertiary/aromatic N) is 6. The summed E-state index contributed by atoms with van der Waals surface area (Å²) in [6, 6.07) is 11.3. The predicted molar refractivity (Wildman–Crippen MR) is 138 cm³/mol. The molecule has 1 aromatic carbocycles. The van der Waals surface area contributed by atoms with Gasteiger partial charge >= 0.3 is 0 Å². The molecular formula is C23H36IN7O. The summed E-state index contributed by atoms with van der Waals surface area (Å²) in [5.74, 6) is 0.938. The number of aryl methyl sites for hydroxylation is 1. The largest absolute Gasteiger partial charge is 0.373 e. The van der Waals surface area contributed by atoms with Crippen molar-refractivity contribution in [2.75, 3.05) is 53.9 Å². The Hall–Kier alpha value is -1.69. The summed E-state index contributed by atoms with van der Waals surface area (Å²) >= 11 is 0. The van der Waals surface area contributed by atoms with Gasteiger partial charge in [-0.3, -0.25) is 14.6 Å². The molecule has 176 valence electrons. The fraction of sp³-hybridized carbons (Fsp3) is 0.565. The number of aliphatic imine (C=N–C) groups is 1. The lowest BCUT2D eigenvalue weighted by Crippen LogP contribution is -2.50. The van der Waals surface area contributed by atoms with Crippen LogP contribution in [0.2, 0.25) is 0 Å². The number of likely N-dealkylation sites (N-methyl/N-ethyl adjacent to an activating group) is 1. The number of benzene rings is 1. The molecule has 8 nitrogen and oxygen atoms in total. The molecule has 1 N–H and O–H groups in total. The lowest BCUT2D eigenvalue weighted by Gasteiger charge is -2.36. The molecule has 0 aliphatic carbocycles. The highest BCUT2D eigenvalue weighted by Gasteiger charge is 2.41. The van der Waals surface area contributed by atoms with Crippen molar-refractivity contribution in [2.24, 2.45) is 12.0 Å². The molecule has 9 heteroatoms. The van der Waals surface area contributed by atoms with E-state index in [1.807, 2.05) is 25.0 Å². The lowest BCUT2D eigenvalue weighted by molar-refractivity contribution is -0.0502. The average molecular weight is 553 g/mol. The molecule has 3 atom stereocenters. The van der Waals surface area contributed by atoms with Crippen LogP contribution in [0.1, 0.15) is 17.2 Å². The van der Waals surface area contributed by atoms with Gasteiger partial charge in [-0.15, -0.1) is 24.0 Å². The standard InChI is InChI=1S/C23H35N7O.HI/c1-24-23(25-13-20(27(2)3)19-12-26-28(4)15-19)30-16-21-22(17-30)31-11-10-29(21)14-18-8-6-5-7-9-18;/h5-9,12,15,20-22H,10-11,13-14,16-17H2,1-4H3,(H,24,25);1H. The van der Waals surface area contributed by atoms with Gasteiger partial charge in [0.05, 0.1) is 31.0 Å². The Morgan fingerprint density at radius 3 is 2.72 bits per heavy atom. The number of nitrogens with one attached hydrogen (secondary N) is 1. The van der Waals surface area contributed by atoms with Crippen LogP contribution in [0.4, 0.5) is 0 Å². The molecule has 0 saturated carbocycles. The van der Waals surface area contributed by atoms with Crippen LogP contribution in [0.15, 0.2) is 47.7 Å². The van der Waals surface area contributed by atoms with Crippen LogP contribution < -0.4 is 5.32 Å². The molecule has 2 aliphatic rings. The molecule has 0 spiro atoms. The normalized spacial score (nSPS) is 22.5. The maximum atomic E-state index is 6.15. The molecule has 32 heavy (non-hydrogen) atoms. The number of fused-ring (bicyclic) bond motifs is 1. The number of hydrogen-bond acceptors (Lipinski definition) is 5. The molecule has 2 aromatic rings. The van der Waals surface area contributed by atoms with Crippen LogP contribution in [0, 0.1) is 0 Å². The number of aromatic nitrogens is 2. The molecule has 0 radical (unpaired) electrons. The maximum absolute atomic E-state index is 6.15. The molecule has 2 aliphatic heterocycles. The van der Waals surface area contributed by atoms with Crippen LogP contribution in [0.3, 0.4) is 0 Å². The van der Waals surface area contributed by atoms with Crippen molar-refractivity contribution in [2.45, 2.75) is 24.7 Å². The summed E-state index contributed by atoms with van der Waals surface area (Å²) in [4.78, 5) is 11.7. The average Bonchev–Trinajstić information content (AvgIpc) is 3.38. The highest BCUT2D eigenvalue weighted by Crippen LogP contribution is 2.25. The minimum atomic E-state index is 0. The van der Waals surface area contributed by atoms with Crippen LogP contribution in [0.25, 0.3) is 0 Å². The maximum Gasteiger partial charge on any atom is 0.193 e. The number of guanidine groups is 1. The van der Waals surface area contributed by atoms with Crippen molar-refractivity contribution in [1.29, 1.82) is 0 Å². The van der Waals surface area contributed by atoms with Crippen molar-refractivity contribution in [1.82, 2.24) is 29.8 Å². The number of morpholine rings is 1. The second-order valence-electron chi connectivity index (χ2n) is 8.69. The van der Waals surface area contributed by atoms with E-state index in [2.05, 4.69) is 80.7 Å². The summed E-state index contributed by atoms with van der Waals surface area (Å²) in [5, 5.41) is 7.93. The van der Waals surface area contributed by atoms with Gasteiger partial charge in [0.2, 0.25) is 0 Å². The second-order valence-corrected chi connectivity index (χ2v) is 8.69. The minimum absolute atomic E-state index is 0. The Kier molecular flexibility index (Phi) is 8.92. The van der Waals surface area contributed by atoms with E-state index in [0.717, 1.165) is 45.3 Å². The van der Waals surface area contributed by atoms with Gasteiger partial charge in [0, 0.05) is 58.6 Å². The predicted octanol–water partition coefficient (Wildman–Crippen LogP) is 1.80. The smallest absolute Gasteiger partial charge is 0.193 e. The first-order valence-corrected chi connectivity index (χ1v) is 11.1. The Balaban J connectivity index is 0.00000289. The van der Waals surface area contributed by atoms with E-state index >= 15 is 0 Å². The van der Waals surface area contributed by atoms with Gasteiger partial charge in [-0.1, -0.05) is 30.3 Å². The van der Waals surface area contributed by atoms with Crippen LogP contribution >= 0.6 is 24.0 Å². The van der Waals surface area contributed by atoms with E-state index in [1.54, 1.807) is 0 Å². The van der Waals surface area contributed by atoms with Gasteiger partial charge in [0.25, 0.3) is 0 Å². The Bertz CT molecular complexity index is 872. The van der Waals surface area contributed by atoms with E-state index in [4.69, 9.17) is 4.74 Å². The van der Waals surface area contributed by atoms with Crippen molar-refractivity contribution >= 4 is 29.9 Å².